The van der Waals surface area contributed by atoms with Crippen LogP contribution in [0, 0.1) is 20.8 Å². The second-order valence-corrected chi connectivity index (χ2v) is 8.11. The summed E-state index contributed by atoms with van der Waals surface area (Å²) >= 11 is 0. The Morgan fingerprint density at radius 1 is 1.09 bits per heavy atom. The van der Waals surface area contributed by atoms with Crippen molar-refractivity contribution in [2.45, 2.75) is 40.7 Å². The molecule has 0 spiro atoms. The van der Waals surface area contributed by atoms with Crippen molar-refractivity contribution in [2.75, 3.05) is 19.8 Å². The monoisotopic (exact) mass is 464 g/mol. The number of aryl methyl sites for hydroxylation is 2. The van der Waals surface area contributed by atoms with Crippen LogP contribution >= 0.6 is 0 Å². The molecule has 1 amide bonds. The van der Waals surface area contributed by atoms with Crippen molar-refractivity contribution in [1.82, 2.24) is 10.3 Å². The summed E-state index contributed by atoms with van der Waals surface area (Å²) in [6.07, 6.45) is 0.408. The number of phenolic OH excluding ortho intramolecular Hbond substituents is 1. The van der Waals surface area contributed by atoms with Crippen molar-refractivity contribution in [3.63, 3.8) is 0 Å². The van der Waals surface area contributed by atoms with Gasteiger partial charge in [-0.2, -0.15) is 0 Å². The summed E-state index contributed by atoms with van der Waals surface area (Å²) in [6.45, 7) is 8.24. The molecule has 0 unspecified atom stereocenters. The lowest BCUT2D eigenvalue weighted by Crippen LogP contribution is -2.27. The summed E-state index contributed by atoms with van der Waals surface area (Å²) in [7, 11) is 0. The molecule has 2 aromatic carbocycles. The van der Waals surface area contributed by atoms with Crippen LogP contribution in [0.5, 0.6) is 17.4 Å². The van der Waals surface area contributed by atoms with E-state index in [9.17, 15) is 9.90 Å². The predicted molar refractivity (Wildman–Crippen MR) is 131 cm³/mol. The first-order chi connectivity index (χ1) is 16.3. The number of aromatic hydroxyl groups is 1. The number of phenols is 1. The second kappa shape index (κ2) is 11.5. The fourth-order valence-corrected chi connectivity index (χ4v) is 3.95. The number of aliphatic hydroxyl groups excluding tert-OH is 1. The fraction of sp³-hybridized carbons (Fsp3) is 0.333. The SMILES string of the molecule is CCOc1c(Cc2c(C)cc(C)nc2OCc2ccccc2)cc(O)c(C(=O)NCCO)c1C. The molecule has 34 heavy (non-hydrogen) atoms. The summed E-state index contributed by atoms with van der Waals surface area (Å²) in [6, 6.07) is 13.4. The van der Waals surface area contributed by atoms with Gasteiger partial charge in [-0.05, 0) is 51.0 Å². The van der Waals surface area contributed by atoms with Gasteiger partial charge in [-0.25, -0.2) is 4.98 Å². The average Bonchev–Trinajstić information content (AvgIpc) is 2.81. The van der Waals surface area contributed by atoms with E-state index < -0.39 is 5.91 Å². The lowest BCUT2D eigenvalue weighted by Gasteiger charge is -2.20. The minimum absolute atomic E-state index is 0.0970. The van der Waals surface area contributed by atoms with E-state index >= 15 is 0 Å². The van der Waals surface area contributed by atoms with E-state index in [0.29, 0.717) is 36.8 Å². The first-order valence-corrected chi connectivity index (χ1v) is 11.4. The number of hydrogen-bond acceptors (Lipinski definition) is 6. The zero-order valence-electron chi connectivity index (χ0n) is 20.1. The van der Waals surface area contributed by atoms with E-state index in [-0.39, 0.29) is 24.5 Å². The Kier molecular flexibility index (Phi) is 8.49. The number of aliphatic hydroxyl groups is 1. The Bertz CT molecular complexity index is 1150. The highest BCUT2D eigenvalue weighted by atomic mass is 16.5. The van der Waals surface area contributed by atoms with Gasteiger partial charge in [0, 0.05) is 35.3 Å². The summed E-state index contributed by atoms with van der Waals surface area (Å²) in [5, 5.41) is 22.3. The van der Waals surface area contributed by atoms with Gasteiger partial charge in [-0.3, -0.25) is 4.79 Å². The third-order valence-electron chi connectivity index (χ3n) is 5.51. The Balaban J connectivity index is 2.00. The lowest BCUT2D eigenvalue weighted by molar-refractivity contribution is 0.0941. The third-order valence-corrected chi connectivity index (χ3v) is 5.51. The van der Waals surface area contributed by atoms with Crippen LogP contribution in [-0.2, 0) is 13.0 Å². The second-order valence-electron chi connectivity index (χ2n) is 8.11. The van der Waals surface area contributed by atoms with E-state index in [1.165, 1.54) is 0 Å². The van der Waals surface area contributed by atoms with Crippen LogP contribution in [0.25, 0.3) is 0 Å². The first-order valence-electron chi connectivity index (χ1n) is 11.4. The molecule has 3 rings (SSSR count). The summed E-state index contributed by atoms with van der Waals surface area (Å²) in [4.78, 5) is 17.2. The third kappa shape index (κ3) is 5.85. The van der Waals surface area contributed by atoms with Gasteiger partial charge in [0.15, 0.2) is 0 Å². The van der Waals surface area contributed by atoms with Crippen LogP contribution in [0.15, 0.2) is 42.5 Å². The molecular weight excluding hydrogens is 432 g/mol. The number of ether oxygens (including phenoxy) is 2. The normalized spacial score (nSPS) is 10.7. The Hall–Kier alpha value is -3.58. The molecule has 3 aromatic rings. The molecule has 0 aliphatic heterocycles. The predicted octanol–water partition coefficient (Wildman–Crippen LogP) is 4.00. The van der Waals surface area contributed by atoms with Crippen LogP contribution in [0.4, 0.5) is 0 Å². The number of benzene rings is 2. The van der Waals surface area contributed by atoms with Crippen LogP contribution in [0.3, 0.4) is 0 Å². The molecule has 3 N–H and O–H groups in total. The minimum Gasteiger partial charge on any atom is -0.507 e. The van der Waals surface area contributed by atoms with Gasteiger partial charge in [0.05, 0.1) is 18.8 Å². The van der Waals surface area contributed by atoms with E-state index in [2.05, 4.69) is 10.3 Å². The molecule has 0 saturated heterocycles. The largest absolute Gasteiger partial charge is 0.507 e. The van der Waals surface area contributed by atoms with Crippen molar-refractivity contribution in [1.29, 1.82) is 0 Å². The van der Waals surface area contributed by atoms with Crippen molar-refractivity contribution >= 4 is 5.91 Å². The Labute approximate surface area is 200 Å². The number of aromatic nitrogens is 1. The van der Waals surface area contributed by atoms with Gasteiger partial charge >= 0.3 is 0 Å². The van der Waals surface area contributed by atoms with Gasteiger partial charge in [0.25, 0.3) is 5.91 Å². The molecule has 0 aliphatic rings. The molecule has 1 aromatic heterocycles. The van der Waals surface area contributed by atoms with Gasteiger partial charge < -0.3 is 25.0 Å². The number of rotatable bonds is 10. The zero-order valence-corrected chi connectivity index (χ0v) is 20.1. The number of pyridine rings is 1. The van der Waals surface area contributed by atoms with E-state index in [4.69, 9.17) is 14.6 Å². The van der Waals surface area contributed by atoms with Crippen LogP contribution in [0.1, 0.15) is 50.8 Å². The molecule has 1 heterocycles. The number of hydrogen-bond donors (Lipinski definition) is 3. The molecule has 7 nitrogen and oxygen atoms in total. The topological polar surface area (TPSA) is 101 Å². The van der Waals surface area contributed by atoms with Gasteiger partial charge in [-0.15, -0.1) is 0 Å². The highest BCUT2D eigenvalue weighted by molar-refractivity contribution is 5.99. The maximum atomic E-state index is 12.6. The molecule has 0 aliphatic carbocycles. The van der Waals surface area contributed by atoms with Crippen molar-refractivity contribution < 1.29 is 24.5 Å². The van der Waals surface area contributed by atoms with E-state index in [1.807, 2.05) is 57.2 Å². The van der Waals surface area contributed by atoms with Crippen LogP contribution in [0.2, 0.25) is 0 Å². The lowest BCUT2D eigenvalue weighted by atomic mass is 9.95. The van der Waals surface area contributed by atoms with E-state index in [0.717, 1.165) is 27.9 Å². The molecule has 0 radical (unpaired) electrons. The standard InChI is InChI=1S/C27H32N2O5/c1-5-33-25-19(4)24(26(32)28-11-12-30)23(31)15-21(25)14-22-17(2)13-18(3)29-27(22)34-16-20-9-7-6-8-10-20/h6-10,13,15,30-31H,5,11-12,14,16H2,1-4H3,(H,28,32). The summed E-state index contributed by atoms with van der Waals surface area (Å²) < 4.78 is 12.0. The van der Waals surface area contributed by atoms with Crippen LogP contribution < -0.4 is 14.8 Å². The van der Waals surface area contributed by atoms with Crippen molar-refractivity contribution in [3.8, 4) is 17.4 Å². The van der Waals surface area contributed by atoms with Crippen molar-refractivity contribution in [2.24, 2.45) is 0 Å². The van der Waals surface area contributed by atoms with E-state index in [1.54, 1.807) is 13.0 Å². The smallest absolute Gasteiger partial charge is 0.255 e. The van der Waals surface area contributed by atoms with Gasteiger partial charge in [-0.1, -0.05) is 30.3 Å². The molecular formula is C27H32N2O5. The summed E-state index contributed by atoms with van der Waals surface area (Å²) in [5.74, 6) is 0.474. The molecule has 180 valence electrons. The number of nitrogens with zero attached hydrogens (tertiary/aromatic N) is 1. The molecule has 7 heteroatoms. The molecule has 0 fully saturated rings. The first kappa shape index (κ1) is 25.1. The van der Waals surface area contributed by atoms with Crippen LogP contribution in [-0.4, -0.2) is 40.9 Å². The van der Waals surface area contributed by atoms with Gasteiger partial charge in [0.1, 0.15) is 18.1 Å². The Morgan fingerprint density at radius 2 is 1.82 bits per heavy atom. The molecule has 0 atom stereocenters. The van der Waals surface area contributed by atoms with Gasteiger partial charge in [0.2, 0.25) is 5.88 Å². The molecule has 0 bridgehead atoms. The fourth-order valence-electron chi connectivity index (χ4n) is 3.95. The number of nitrogens with one attached hydrogen (secondary N) is 1. The number of carbonyl (C=O) groups is 1. The number of carbonyl (C=O) groups excluding carboxylic acids is 1. The Morgan fingerprint density at radius 3 is 2.50 bits per heavy atom. The zero-order chi connectivity index (χ0) is 24.7. The highest BCUT2D eigenvalue weighted by Crippen LogP contribution is 2.37. The number of amides is 1. The quantitative estimate of drug-likeness (QED) is 0.419. The maximum absolute atomic E-state index is 12.6. The minimum atomic E-state index is -0.461. The highest BCUT2D eigenvalue weighted by Gasteiger charge is 2.23. The van der Waals surface area contributed by atoms with Crippen molar-refractivity contribution in [3.05, 3.63) is 81.5 Å². The average molecular weight is 465 g/mol. The molecule has 0 saturated carbocycles. The summed E-state index contributed by atoms with van der Waals surface area (Å²) in [5.41, 5.74) is 5.20. The maximum Gasteiger partial charge on any atom is 0.255 e.